The number of benzene rings is 1. The molecule has 1 aliphatic heterocycles. The maximum Gasteiger partial charge on any atom is 0.242 e. The van der Waals surface area contributed by atoms with Gasteiger partial charge in [-0.3, -0.25) is 4.79 Å². The fraction of sp³-hybridized carbons (Fsp3) is 0.562. The molecule has 20 heavy (non-hydrogen) atoms. The number of likely N-dealkylation sites (tertiary alicyclic amines) is 1. The summed E-state index contributed by atoms with van der Waals surface area (Å²) in [4.78, 5) is 16.3. The number of nitrogens with zero attached hydrogens (tertiary/aromatic N) is 2. The van der Waals surface area contributed by atoms with Crippen molar-refractivity contribution in [2.24, 2.45) is 0 Å². The normalized spacial score (nSPS) is 14.6. The maximum absolute atomic E-state index is 12.2. The van der Waals surface area contributed by atoms with Gasteiger partial charge in [0.25, 0.3) is 0 Å². The third-order valence-corrected chi connectivity index (χ3v) is 3.80. The van der Waals surface area contributed by atoms with Crippen LogP contribution in [0.3, 0.4) is 0 Å². The quantitative estimate of drug-likeness (QED) is 0.860. The van der Waals surface area contributed by atoms with Crippen LogP contribution in [0.4, 0.5) is 5.69 Å². The van der Waals surface area contributed by atoms with Gasteiger partial charge in [-0.15, -0.1) is 0 Å². The van der Waals surface area contributed by atoms with Crippen molar-refractivity contribution < 1.29 is 4.79 Å². The van der Waals surface area contributed by atoms with E-state index in [9.17, 15) is 4.79 Å². The summed E-state index contributed by atoms with van der Waals surface area (Å²) in [6, 6.07) is 8.28. The molecule has 1 aromatic carbocycles. The van der Waals surface area contributed by atoms with Crippen LogP contribution in [0, 0.1) is 0 Å². The average Bonchev–Trinajstić information content (AvgIpc) is 2.99. The van der Waals surface area contributed by atoms with E-state index in [4.69, 9.17) is 0 Å². The van der Waals surface area contributed by atoms with Gasteiger partial charge in [-0.25, -0.2) is 0 Å². The highest BCUT2D eigenvalue weighted by Crippen LogP contribution is 2.19. The first kappa shape index (κ1) is 14.9. The number of para-hydroxylation sites is 1. The van der Waals surface area contributed by atoms with Crippen LogP contribution in [-0.4, -0.2) is 44.0 Å². The molecule has 0 aromatic heterocycles. The largest absolute Gasteiger partial charge is 0.365 e. The highest BCUT2D eigenvalue weighted by Gasteiger charge is 2.19. The molecule has 110 valence electrons. The molecule has 1 aliphatic rings. The number of carbonyl (C=O) groups is 1. The Bertz CT molecular complexity index is 441. The predicted octanol–water partition coefficient (Wildman–Crippen LogP) is 1.85. The second kappa shape index (κ2) is 7.29. The molecular weight excluding hydrogens is 250 g/mol. The van der Waals surface area contributed by atoms with E-state index in [2.05, 4.69) is 29.3 Å². The highest BCUT2D eigenvalue weighted by molar-refractivity contribution is 5.81. The van der Waals surface area contributed by atoms with Gasteiger partial charge >= 0.3 is 0 Å². The van der Waals surface area contributed by atoms with E-state index in [1.165, 1.54) is 5.56 Å². The lowest BCUT2D eigenvalue weighted by Crippen LogP contribution is -2.37. The number of hydrogen-bond acceptors (Lipinski definition) is 3. The Morgan fingerprint density at radius 2 is 2.00 bits per heavy atom. The van der Waals surface area contributed by atoms with E-state index >= 15 is 0 Å². The second-order valence-corrected chi connectivity index (χ2v) is 5.35. The van der Waals surface area contributed by atoms with Gasteiger partial charge in [0.15, 0.2) is 0 Å². The molecule has 1 N–H and O–H groups in total. The van der Waals surface area contributed by atoms with Crippen LogP contribution in [0.15, 0.2) is 24.3 Å². The molecular formula is C16H25N3O. The van der Waals surface area contributed by atoms with Crippen molar-refractivity contribution in [2.75, 3.05) is 38.1 Å². The van der Waals surface area contributed by atoms with Crippen LogP contribution in [0.2, 0.25) is 0 Å². The molecule has 1 amide bonds. The predicted molar refractivity (Wildman–Crippen MR) is 82.9 cm³/mol. The van der Waals surface area contributed by atoms with Crippen LogP contribution in [0.5, 0.6) is 0 Å². The minimum absolute atomic E-state index is 0.239. The summed E-state index contributed by atoms with van der Waals surface area (Å²) in [5.41, 5.74) is 2.38. The zero-order chi connectivity index (χ0) is 14.4. The fourth-order valence-electron chi connectivity index (χ4n) is 2.65. The number of carbonyl (C=O) groups excluding carboxylic acids is 1. The monoisotopic (exact) mass is 275 g/mol. The molecule has 0 saturated carbocycles. The zero-order valence-corrected chi connectivity index (χ0v) is 12.6. The summed E-state index contributed by atoms with van der Waals surface area (Å²) in [5.74, 6) is 0.239. The van der Waals surface area contributed by atoms with Gasteiger partial charge in [0, 0.05) is 32.4 Å². The van der Waals surface area contributed by atoms with Crippen molar-refractivity contribution in [2.45, 2.75) is 26.3 Å². The zero-order valence-electron chi connectivity index (χ0n) is 12.6. The number of nitrogens with one attached hydrogen (secondary N) is 1. The molecule has 4 heteroatoms. The lowest BCUT2D eigenvalue weighted by atomic mass is 10.1. The van der Waals surface area contributed by atoms with Crippen molar-refractivity contribution in [3.05, 3.63) is 29.8 Å². The Labute approximate surface area is 121 Å². The Balaban J connectivity index is 2.00. The van der Waals surface area contributed by atoms with Gasteiger partial charge in [-0.05, 0) is 31.0 Å². The van der Waals surface area contributed by atoms with Gasteiger partial charge in [-0.2, -0.15) is 0 Å². The van der Waals surface area contributed by atoms with E-state index in [0.717, 1.165) is 44.7 Å². The average molecular weight is 275 g/mol. The summed E-state index contributed by atoms with van der Waals surface area (Å²) in [7, 11) is 2.00. The van der Waals surface area contributed by atoms with Gasteiger partial charge in [0.1, 0.15) is 0 Å². The summed E-state index contributed by atoms with van der Waals surface area (Å²) < 4.78 is 0. The molecule has 0 spiro atoms. The van der Waals surface area contributed by atoms with Crippen LogP contribution < -0.4 is 10.2 Å². The minimum Gasteiger partial charge on any atom is -0.365 e. The molecule has 0 unspecified atom stereocenters. The van der Waals surface area contributed by atoms with Crippen LogP contribution in [0.25, 0.3) is 0 Å². The van der Waals surface area contributed by atoms with Crippen molar-refractivity contribution in [3.8, 4) is 0 Å². The number of amides is 1. The third kappa shape index (κ3) is 3.73. The summed E-state index contributed by atoms with van der Waals surface area (Å²) in [6.45, 7) is 6.20. The molecule has 4 nitrogen and oxygen atoms in total. The van der Waals surface area contributed by atoms with Crippen molar-refractivity contribution >= 4 is 11.6 Å². The van der Waals surface area contributed by atoms with E-state index < -0.39 is 0 Å². The lowest BCUT2D eigenvalue weighted by molar-refractivity contribution is -0.128. The van der Waals surface area contributed by atoms with Crippen LogP contribution in [0.1, 0.15) is 25.3 Å². The number of anilines is 1. The molecule has 0 aliphatic carbocycles. The minimum atomic E-state index is 0.239. The second-order valence-electron chi connectivity index (χ2n) is 5.35. The number of rotatable bonds is 6. The van der Waals surface area contributed by atoms with Crippen molar-refractivity contribution in [3.63, 3.8) is 0 Å². The molecule has 0 bridgehead atoms. The molecule has 1 heterocycles. The topological polar surface area (TPSA) is 35.6 Å². The van der Waals surface area contributed by atoms with Crippen molar-refractivity contribution in [1.82, 2.24) is 10.2 Å². The Kier molecular flexibility index (Phi) is 5.41. The maximum atomic E-state index is 12.2. The van der Waals surface area contributed by atoms with Gasteiger partial charge < -0.3 is 15.1 Å². The molecule has 1 aromatic rings. The fourth-order valence-corrected chi connectivity index (χ4v) is 2.65. The van der Waals surface area contributed by atoms with E-state index in [-0.39, 0.29) is 5.91 Å². The van der Waals surface area contributed by atoms with Crippen LogP contribution >= 0.6 is 0 Å². The first-order valence-corrected chi connectivity index (χ1v) is 7.50. The highest BCUT2D eigenvalue weighted by atomic mass is 16.2. The summed E-state index contributed by atoms with van der Waals surface area (Å²) >= 11 is 0. The Morgan fingerprint density at radius 1 is 1.30 bits per heavy atom. The Hall–Kier alpha value is -1.55. The first-order valence-electron chi connectivity index (χ1n) is 7.50. The van der Waals surface area contributed by atoms with Gasteiger partial charge in [0.2, 0.25) is 5.91 Å². The molecule has 0 radical (unpaired) electrons. The summed E-state index contributed by atoms with van der Waals surface area (Å²) in [6.07, 6.45) is 2.29. The molecule has 0 atom stereocenters. The number of likely N-dealkylation sites (N-methyl/N-ethyl adjacent to an activating group) is 1. The third-order valence-electron chi connectivity index (χ3n) is 3.80. The van der Waals surface area contributed by atoms with Gasteiger partial charge in [0.05, 0.1) is 6.54 Å². The molecule has 2 rings (SSSR count). The van der Waals surface area contributed by atoms with Crippen LogP contribution in [-0.2, 0) is 11.3 Å². The molecule has 1 fully saturated rings. The smallest absolute Gasteiger partial charge is 0.242 e. The summed E-state index contributed by atoms with van der Waals surface area (Å²) in [5, 5.41) is 3.35. The first-order chi connectivity index (χ1) is 9.72. The lowest BCUT2D eigenvalue weighted by Gasteiger charge is -2.25. The standard InChI is InChI=1S/C16H25N3O/c1-3-17-12-14-8-4-5-9-15(14)18(2)13-16(20)19-10-6-7-11-19/h4-5,8-9,17H,3,6-7,10-13H2,1-2H3. The molecule has 1 saturated heterocycles. The van der Waals surface area contributed by atoms with Gasteiger partial charge in [-0.1, -0.05) is 25.1 Å². The SMILES string of the molecule is CCNCc1ccccc1N(C)CC(=O)N1CCCC1. The Morgan fingerprint density at radius 3 is 2.70 bits per heavy atom. The van der Waals surface area contributed by atoms with Crippen molar-refractivity contribution in [1.29, 1.82) is 0 Å². The number of hydrogen-bond donors (Lipinski definition) is 1. The van der Waals surface area contributed by atoms with E-state index in [0.29, 0.717) is 6.54 Å². The van der Waals surface area contributed by atoms with E-state index in [1.54, 1.807) is 0 Å². The van der Waals surface area contributed by atoms with E-state index in [1.807, 2.05) is 24.1 Å².